The van der Waals surface area contributed by atoms with Crippen molar-refractivity contribution in [2.75, 3.05) is 20.2 Å². The first kappa shape index (κ1) is 13.5. The van der Waals surface area contributed by atoms with Crippen LogP contribution in [0, 0.1) is 0 Å². The number of likely N-dealkylation sites (N-methyl/N-ethyl adjacent to an activating group) is 1. The van der Waals surface area contributed by atoms with Crippen molar-refractivity contribution in [3.05, 3.63) is 0 Å². The summed E-state index contributed by atoms with van der Waals surface area (Å²) in [4.78, 5) is -0.0643. The minimum atomic E-state index is -5.40. The summed E-state index contributed by atoms with van der Waals surface area (Å²) < 4.78 is 60.7. The van der Waals surface area contributed by atoms with Gasteiger partial charge in [0.2, 0.25) is 6.10 Å². The van der Waals surface area contributed by atoms with Gasteiger partial charge in [-0.1, -0.05) is 0 Å². The zero-order chi connectivity index (χ0) is 11.6. The van der Waals surface area contributed by atoms with Gasteiger partial charge < -0.3 is 10.2 Å². The second-order valence-electron chi connectivity index (χ2n) is 2.68. The van der Waals surface area contributed by atoms with Gasteiger partial charge in [0.15, 0.2) is 0 Å². The monoisotopic (exact) mass is 223 g/mol. The van der Waals surface area contributed by atoms with Gasteiger partial charge in [-0.25, -0.2) is 4.90 Å². The van der Waals surface area contributed by atoms with Crippen LogP contribution in [0.4, 0.5) is 22.0 Å². The van der Waals surface area contributed by atoms with Crippen molar-refractivity contribution in [2.45, 2.75) is 18.3 Å². The summed E-state index contributed by atoms with van der Waals surface area (Å²) in [7, 11) is 0.672. The molecule has 0 saturated heterocycles. The van der Waals surface area contributed by atoms with Crippen LogP contribution in [-0.4, -0.2) is 53.6 Å². The van der Waals surface area contributed by atoms with Gasteiger partial charge in [0.1, 0.15) is 0 Å². The normalized spacial score (nSPS) is 16.1. The van der Waals surface area contributed by atoms with Crippen LogP contribution in [0.15, 0.2) is 0 Å². The van der Waals surface area contributed by atoms with E-state index in [0.717, 1.165) is 0 Å². The second-order valence-corrected chi connectivity index (χ2v) is 2.68. The first-order chi connectivity index (χ1) is 6.14. The summed E-state index contributed by atoms with van der Waals surface area (Å²) in [5, 5.41) is 16.6. The van der Waals surface area contributed by atoms with E-state index >= 15 is 0 Å². The summed E-state index contributed by atoms with van der Waals surface area (Å²) in [6.07, 6.45) is -9.15. The molecule has 0 aliphatic carbocycles. The molecule has 0 amide bonds. The Morgan fingerprint density at radius 3 is 1.93 bits per heavy atom. The van der Waals surface area contributed by atoms with Crippen molar-refractivity contribution in [2.24, 2.45) is 0 Å². The summed E-state index contributed by atoms with van der Waals surface area (Å²) in [5.74, 6) is 0. The molecule has 0 radical (unpaired) electrons. The molecule has 0 rings (SSSR count). The van der Waals surface area contributed by atoms with E-state index in [4.69, 9.17) is 10.2 Å². The summed E-state index contributed by atoms with van der Waals surface area (Å²) in [6.45, 7) is -1.39. The topological polar surface area (TPSA) is 43.7 Å². The lowest BCUT2D eigenvalue weighted by Crippen LogP contribution is -2.55. The van der Waals surface area contributed by atoms with Crippen LogP contribution in [-0.2, 0) is 0 Å². The molecule has 14 heavy (non-hydrogen) atoms. The Morgan fingerprint density at radius 2 is 1.64 bits per heavy atom. The van der Waals surface area contributed by atoms with Crippen LogP contribution < -0.4 is 0 Å². The molecule has 0 aromatic rings. The van der Waals surface area contributed by atoms with Crippen molar-refractivity contribution < 1.29 is 32.2 Å². The SMILES string of the molecule is CN(CCO)C(F)(F)C(O)C(F)(F)F. The first-order valence-corrected chi connectivity index (χ1v) is 3.58. The fraction of sp³-hybridized carbons (Fsp3) is 1.00. The highest BCUT2D eigenvalue weighted by Gasteiger charge is 2.57. The molecular formula is C6H10F5NO2. The molecule has 0 fully saturated rings. The third kappa shape index (κ3) is 3.03. The molecule has 0 aliphatic heterocycles. The standard InChI is InChI=1S/C6H10F5NO2/c1-12(2-3-13)6(10,11)4(14)5(7,8)9/h4,13-14H,2-3H2,1H3. The Hall–Kier alpha value is -0.470. The van der Waals surface area contributed by atoms with Crippen molar-refractivity contribution in [1.82, 2.24) is 4.90 Å². The van der Waals surface area contributed by atoms with E-state index in [0.29, 0.717) is 7.05 Å². The maximum Gasteiger partial charge on any atom is 0.421 e. The fourth-order valence-electron chi connectivity index (χ4n) is 0.705. The number of nitrogens with zero attached hydrogens (tertiary/aromatic N) is 1. The average Bonchev–Trinajstić information content (AvgIpc) is 2.01. The molecule has 0 aromatic carbocycles. The van der Waals surface area contributed by atoms with Gasteiger partial charge >= 0.3 is 12.2 Å². The maximum absolute atomic E-state index is 12.7. The molecule has 1 unspecified atom stereocenters. The molecule has 1 atom stereocenters. The Morgan fingerprint density at radius 1 is 1.21 bits per heavy atom. The van der Waals surface area contributed by atoms with Gasteiger partial charge in [-0.05, 0) is 7.05 Å². The van der Waals surface area contributed by atoms with Gasteiger partial charge in [0.05, 0.1) is 6.61 Å². The van der Waals surface area contributed by atoms with Crippen molar-refractivity contribution >= 4 is 0 Å². The number of aliphatic hydroxyl groups excluding tert-OH is 2. The average molecular weight is 223 g/mol. The number of alkyl halides is 5. The van der Waals surface area contributed by atoms with Crippen molar-refractivity contribution in [1.29, 1.82) is 0 Å². The first-order valence-electron chi connectivity index (χ1n) is 3.58. The Kier molecular flexibility index (Phi) is 4.22. The lowest BCUT2D eigenvalue weighted by molar-refractivity contribution is -0.307. The number of hydrogen-bond acceptors (Lipinski definition) is 3. The molecule has 3 nitrogen and oxygen atoms in total. The molecule has 0 aromatic heterocycles. The van der Waals surface area contributed by atoms with E-state index < -0.39 is 31.5 Å². The van der Waals surface area contributed by atoms with Crippen LogP contribution in [0.3, 0.4) is 0 Å². The van der Waals surface area contributed by atoms with Gasteiger partial charge in [0.25, 0.3) is 0 Å². The molecule has 2 N–H and O–H groups in total. The van der Waals surface area contributed by atoms with E-state index in [1.165, 1.54) is 0 Å². The number of halogens is 5. The molecule has 0 heterocycles. The molecule has 0 spiro atoms. The third-order valence-electron chi connectivity index (χ3n) is 1.58. The van der Waals surface area contributed by atoms with Crippen LogP contribution in [0.5, 0.6) is 0 Å². The highest BCUT2D eigenvalue weighted by Crippen LogP contribution is 2.33. The summed E-state index contributed by atoms with van der Waals surface area (Å²) >= 11 is 0. The number of hydrogen-bond donors (Lipinski definition) is 2. The smallest absolute Gasteiger partial charge is 0.395 e. The predicted octanol–water partition coefficient (Wildman–Crippen LogP) is 0.427. The molecule has 8 heteroatoms. The van der Waals surface area contributed by atoms with E-state index in [2.05, 4.69) is 0 Å². The van der Waals surface area contributed by atoms with Gasteiger partial charge in [-0.15, -0.1) is 0 Å². The summed E-state index contributed by atoms with van der Waals surface area (Å²) in [6, 6.07) is -4.44. The van der Waals surface area contributed by atoms with E-state index in [-0.39, 0.29) is 4.90 Å². The fourth-order valence-corrected chi connectivity index (χ4v) is 0.705. The minimum absolute atomic E-state index is 0.0643. The van der Waals surface area contributed by atoms with Crippen molar-refractivity contribution in [3.63, 3.8) is 0 Å². The quantitative estimate of drug-likeness (QED) is 0.536. The molecular weight excluding hydrogens is 213 g/mol. The van der Waals surface area contributed by atoms with Crippen molar-refractivity contribution in [3.8, 4) is 0 Å². The molecule has 86 valence electrons. The largest absolute Gasteiger partial charge is 0.421 e. The van der Waals surface area contributed by atoms with E-state index in [9.17, 15) is 22.0 Å². The lowest BCUT2D eigenvalue weighted by Gasteiger charge is -2.31. The Labute approximate surface area is 76.7 Å². The molecule has 0 saturated carbocycles. The lowest BCUT2D eigenvalue weighted by atomic mass is 10.2. The van der Waals surface area contributed by atoms with Gasteiger partial charge in [-0.2, -0.15) is 22.0 Å². The van der Waals surface area contributed by atoms with E-state index in [1.807, 2.05) is 0 Å². The van der Waals surface area contributed by atoms with Crippen LogP contribution in [0.2, 0.25) is 0 Å². The van der Waals surface area contributed by atoms with Crippen LogP contribution in [0.1, 0.15) is 0 Å². The van der Waals surface area contributed by atoms with Crippen LogP contribution >= 0.6 is 0 Å². The van der Waals surface area contributed by atoms with Gasteiger partial charge in [0, 0.05) is 6.54 Å². The summed E-state index contributed by atoms with van der Waals surface area (Å²) in [5.41, 5.74) is 0. The molecule has 0 aliphatic rings. The number of rotatable bonds is 4. The Balaban J connectivity index is 4.59. The van der Waals surface area contributed by atoms with Gasteiger partial charge in [-0.3, -0.25) is 0 Å². The second kappa shape index (κ2) is 4.37. The number of aliphatic hydroxyl groups is 2. The minimum Gasteiger partial charge on any atom is -0.395 e. The highest BCUT2D eigenvalue weighted by molar-refractivity contribution is 4.81. The molecule has 0 bridgehead atoms. The third-order valence-corrected chi connectivity index (χ3v) is 1.58. The predicted molar refractivity (Wildman–Crippen MR) is 36.7 cm³/mol. The zero-order valence-electron chi connectivity index (χ0n) is 7.22. The maximum atomic E-state index is 12.7. The Bertz CT molecular complexity index is 184. The van der Waals surface area contributed by atoms with Crippen LogP contribution in [0.25, 0.3) is 0 Å². The van der Waals surface area contributed by atoms with E-state index in [1.54, 1.807) is 0 Å². The zero-order valence-corrected chi connectivity index (χ0v) is 7.22. The highest BCUT2D eigenvalue weighted by atomic mass is 19.4.